The number of cyclic esters (lactones) is 2. The van der Waals surface area contributed by atoms with Gasteiger partial charge in [0.15, 0.2) is 5.54 Å². The number of aliphatic hydroxyl groups is 1. The van der Waals surface area contributed by atoms with Crippen molar-refractivity contribution >= 4 is 11.9 Å². The van der Waals surface area contributed by atoms with Crippen molar-refractivity contribution in [3.63, 3.8) is 0 Å². The molecule has 3 rings (SSSR count). The van der Waals surface area contributed by atoms with Gasteiger partial charge in [-0.15, -0.1) is 0 Å². The Morgan fingerprint density at radius 2 is 2.12 bits per heavy atom. The number of nitrogens with zero attached hydrogens (tertiary/aromatic N) is 2. The number of esters is 2. The van der Waals surface area contributed by atoms with Crippen LogP contribution in [0.2, 0.25) is 0 Å². The Bertz CT molecular complexity index is 466. The quantitative estimate of drug-likeness (QED) is 0.386. The summed E-state index contributed by atoms with van der Waals surface area (Å²) in [5.41, 5.74) is 4.91. The highest BCUT2D eigenvalue weighted by molar-refractivity contribution is 6.05. The van der Waals surface area contributed by atoms with Crippen LogP contribution < -0.4 is 0 Å². The lowest BCUT2D eigenvalue weighted by Gasteiger charge is -2.40. The Morgan fingerprint density at radius 3 is 2.71 bits per heavy atom. The van der Waals surface area contributed by atoms with Crippen LogP contribution in [-0.4, -0.2) is 39.9 Å². The molecule has 7 heteroatoms. The standard InChI is InChI=1S/C10H11N2O5/c1-8-3-4(13)9(2,17-8)10(12-11)5(8)6(14)16-7(10)15/h4-5,13H,3H2,1-2H3/q-1/t4-,5?,8?,9?,10+/m1/s1. The molecule has 0 spiro atoms. The van der Waals surface area contributed by atoms with Crippen LogP contribution in [0.5, 0.6) is 0 Å². The van der Waals surface area contributed by atoms with Gasteiger partial charge in [-0.1, -0.05) is 0 Å². The molecule has 3 saturated heterocycles. The number of carbonyl (C=O) groups excluding carboxylic acids is 2. The molecule has 3 aliphatic rings. The van der Waals surface area contributed by atoms with Crippen LogP contribution in [0.4, 0.5) is 0 Å². The Balaban J connectivity index is 2.28. The molecule has 0 radical (unpaired) electrons. The average molecular weight is 239 g/mol. The molecule has 17 heavy (non-hydrogen) atoms. The summed E-state index contributed by atoms with van der Waals surface area (Å²) in [6, 6.07) is 0. The third kappa shape index (κ3) is 0.816. The van der Waals surface area contributed by atoms with Crippen LogP contribution in [-0.2, 0) is 19.1 Å². The third-order valence-electron chi connectivity index (χ3n) is 4.36. The van der Waals surface area contributed by atoms with Crippen LogP contribution in [0.3, 0.4) is 0 Å². The molecule has 7 nitrogen and oxygen atoms in total. The maximum Gasteiger partial charge on any atom is 0.343 e. The molecule has 0 aromatic rings. The topological polar surface area (TPSA) is 107 Å². The molecule has 0 saturated carbocycles. The second-order valence-corrected chi connectivity index (χ2v) is 5.25. The molecule has 0 aliphatic carbocycles. The predicted molar refractivity (Wildman–Crippen MR) is 51.6 cm³/mol. The molecule has 1 N–H and O–H groups in total. The van der Waals surface area contributed by atoms with Crippen molar-refractivity contribution in [3.05, 3.63) is 5.53 Å². The van der Waals surface area contributed by atoms with E-state index in [0.717, 1.165) is 0 Å². The van der Waals surface area contributed by atoms with Gasteiger partial charge in [0.1, 0.15) is 11.5 Å². The van der Waals surface area contributed by atoms with Crippen molar-refractivity contribution < 1.29 is 24.2 Å². The summed E-state index contributed by atoms with van der Waals surface area (Å²) in [6.45, 7) is 3.07. The maximum atomic E-state index is 11.8. The second kappa shape index (κ2) is 2.56. The highest BCUT2D eigenvalue weighted by atomic mass is 16.6. The molecule has 3 aliphatic heterocycles. The van der Waals surface area contributed by atoms with E-state index in [1.54, 1.807) is 6.92 Å². The van der Waals surface area contributed by atoms with E-state index in [-0.39, 0.29) is 6.42 Å². The summed E-state index contributed by atoms with van der Waals surface area (Å²) >= 11 is 0. The van der Waals surface area contributed by atoms with E-state index < -0.39 is 40.7 Å². The monoisotopic (exact) mass is 239 g/mol. The zero-order chi connectivity index (χ0) is 12.6. The number of ether oxygens (including phenoxy) is 2. The highest BCUT2D eigenvalue weighted by Crippen LogP contribution is 2.63. The maximum absolute atomic E-state index is 11.8. The van der Waals surface area contributed by atoms with Crippen LogP contribution in [0.15, 0.2) is 5.11 Å². The normalized spacial score (nSPS) is 55.9. The number of rotatable bonds is 1. The van der Waals surface area contributed by atoms with Crippen molar-refractivity contribution in [2.45, 2.75) is 43.1 Å². The van der Waals surface area contributed by atoms with Crippen LogP contribution >= 0.6 is 0 Å². The van der Waals surface area contributed by atoms with E-state index in [1.165, 1.54) is 6.92 Å². The molecule has 2 bridgehead atoms. The van der Waals surface area contributed by atoms with Crippen molar-refractivity contribution in [2.24, 2.45) is 11.0 Å². The molecule has 3 fully saturated rings. The van der Waals surface area contributed by atoms with E-state index in [9.17, 15) is 20.2 Å². The molecule has 3 unspecified atom stereocenters. The predicted octanol–water partition coefficient (Wildman–Crippen LogP) is -0.241. The van der Waals surface area contributed by atoms with Gasteiger partial charge in [0.2, 0.25) is 0 Å². The van der Waals surface area contributed by atoms with Gasteiger partial charge in [-0.05, 0) is 13.8 Å². The van der Waals surface area contributed by atoms with E-state index in [4.69, 9.17) is 4.74 Å². The minimum Gasteiger partial charge on any atom is -0.711 e. The van der Waals surface area contributed by atoms with Crippen molar-refractivity contribution in [3.8, 4) is 0 Å². The lowest BCUT2D eigenvalue weighted by Crippen LogP contribution is -2.62. The Labute approximate surface area is 96.6 Å². The summed E-state index contributed by atoms with van der Waals surface area (Å²) in [6.07, 6.45) is -0.786. The molecule has 0 aromatic heterocycles. The summed E-state index contributed by atoms with van der Waals surface area (Å²) in [4.78, 5) is 23.5. The van der Waals surface area contributed by atoms with Gasteiger partial charge >= 0.3 is 11.9 Å². The molecule has 0 amide bonds. The first-order chi connectivity index (χ1) is 7.82. The fraction of sp³-hybridized carbons (Fsp3) is 0.800. The van der Waals surface area contributed by atoms with Crippen molar-refractivity contribution in [2.75, 3.05) is 0 Å². The van der Waals surface area contributed by atoms with Gasteiger partial charge in [0.05, 0.1) is 11.7 Å². The fourth-order valence-electron chi connectivity index (χ4n) is 3.58. The molecule has 3 heterocycles. The first kappa shape index (κ1) is 10.8. The zero-order valence-electron chi connectivity index (χ0n) is 9.34. The smallest absolute Gasteiger partial charge is 0.343 e. The summed E-state index contributed by atoms with van der Waals surface area (Å²) < 4.78 is 10.2. The number of carbonyl (C=O) groups is 2. The first-order valence-electron chi connectivity index (χ1n) is 5.32. The third-order valence-corrected chi connectivity index (χ3v) is 4.36. The number of hydrogen-bond acceptors (Lipinski definition) is 6. The molecule has 5 atom stereocenters. The van der Waals surface area contributed by atoms with Gasteiger partial charge in [0.25, 0.3) is 0 Å². The average Bonchev–Trinajstić information content (AvgIpc) is 2.69. The minimum atomic E-state index is -1.84. The van der Waals surface area contributed by atoms with Crippen LogP contribution in [0.25, 0.3) is 5.53 Å². The minimum absolute atomic E-state index is 0.202. The summed E-state index contributed by atoms with van der Waals surface area (Å²) in [5.74, 6) is -2.72. The van der Waals surface area contributed by atoms with Crippen LogP contribution in [0, 0.1) is 5.92 Å². The number of aliphatic hydroxyl groups excluding tert-OH is 1. The Kier molecular flexibility index (Phi) is 1.63. The van der Waals surface area contributed by atoms with Crippen molar-refractivity contribution in [1.29, 1.82) is 0 Å². The molecular weight excluding hydrogens is 228 g/mol. The lowest BCUT2D eigenvalue weighted by molar-refractivity contribution is -0.164. The number of hydrogen-bond donors (Lipinski definition) is 1. The van der Waals surface area contributed by atoms with E-state index in [0.29, 0.717) is 0 Å². The summed E-state index contributed by atoms with van der Waals surface area (Å²) in [7, 11) is 0. The van der Waals surface area contributed by atoms with E-state index >= 15 is 0 Å². The van der Waals surface area contributed by atoms with Gasteiger partial charge in [-0.25, -0.2) is 4.79 Å². The molecule has 92 valence electrons. The van der Waals surface area contributed by atoms with E-state index in [1.807, 2.05) is 0 Å². The van der Waals surface area contributed by atoms with Gasteiger partial charge in [0, 0.05) is 6.42 Å². The molecular formula is C10H11N2O5-. The largest absolute Gasteiger partial charge is 0.711 e. The van der Waals surface area contributed by atoms with Crippen LogP contribution in [0.1, 0.15) is 20.3 Å². The van der Waals surface area contributed by atoms with Gasteiger partial charge < -0.3 is 25.2 Å². The highest BCUT2D eigenvalue weighted by Gasteiger charge is 2.83. The van der Waals surface area contributed by atoms with Gasteiger partial charge in [-0.3, -0.25) is 4.79 Å². The Morgan fingerprint density at radius 1 is 1.47 bits per heavy atom. The molecule has 0 aromatic carbocycles. The van der Waals surface area contributed by atoms with E-state index in [2.05, 4.69) is 9.85 Å². The fourth-order valence-corrected chi connectivity index (χ4v) is 3.58. The summed E-state index contributed by atoms with van der Waals surface area (Å²) in [5, 5.41) is 13.1. The Hall–Kier alpha value is -1.34. The zero-order valence-corrected chi connectivity index (χ0v) is 9.34. The SMILES string of the molecule is CC12C[C@@H](O)C(C)(O1)[C@@]1(N=[N-])C(=O)OC(=O)C21. The lowest BCUT2D eigenvalue weighted by atomic mass is 9.62. The second-order valence-electron chi connectivity index (χ2n) is 5.25. The van der Waals surface area contributed by atoms with Gasteiger partial charge in [-0.2, -0.15) is 0 Å². The number of fused-ring (bicyclic) bond motifs is 5. The van der Waals surface area contributed by atoms with Crippen molar-refractivity contribution in [1.82, 2.24) is 0 Å². The first-order valence-corrected chi connectivity index (χ1v) is 5.32.